The number of nitrogens with two attached hydrogens (primary N) is 1. The minimum Gasteiger partial charge on any atom is -0.405 e. The molecule has 3 N–H and O–H groups in total. The van der Waals surface area contributed by atoms with E-state index in [4.69, 9.17) is 22.1 Å². The zero-order valence-corrected chi connectivity index (χ0v) is 20.9. The van der Waals surface area contributed by atoms with Crippen LogP contribution in [-0.2, 0) is 4.74 Å². The maximum Gasteiger partial charge on any atom is 0.139 e. The van der Waals surface area contributed by atoms with Gasteiger partial charge in [-0.15, -0.1) is 22.8 Å². The number of benzene rings is 1. The lowest BCUT2D eigenvalue weighted by atomic mass is 9.76. The fraction of sp³-hybridized carbons (Fsp3) is 0.440. The first kappa shape index (κ1) is 25.0. The number of nitrogens with one attached hydrogen (secondary N) is 1. The molecule has 34 heavy (non-hydrogen) atoms. The number of methoxy groups -OCH3 is 1. The number of thiol groups is 1. The number of piperidine rings is 1. The predicted molar refractivity (Wildman–Crippen MR) is 137 cm³/mol. The third-order valence-electron chi connectivity index (χ3n) is 6.74. The molecule has 1 aromatic heterocycles. The number of likely N-dealkylation sites (tertiary alicyclic amines) is 1. The normalized spacial score (nSPS) is 22.2. The fourth-order valence-electron chi connectivity index (χ4n) is 4.68. The van der Waals surface area contributed by atoms with E-state index in [2.05, 4.69) is 39.1 Å². The van der Waals surface area contributed by atoms with Crippen LogP contribution in [0.4, 0.5) is 10.1 Å². The fourth-order valence-corrected chi connectivity index (χ4v) is 5.02. The molecule has 1 aliphatic carbocycles. The van der Waals surface area contributed by atoms with E-state index in [1.54, 1.807) is 12.1 Å². The molecule has 1 aromatic carbocycles. The first-order valence-electron chi connectivity index (χ1n) is 11.6. The average Bonchev–Trinajstić information content (AvgIpc) is 2.81. The molecular formula is C25H31ClFN5OS. The summed E-state index contributed by atoms with van der Waals surface area (Å²) in [6.07, 6.45) is 11.5. The Bertz CT molecular complexity index is 1050. The van der Waals surface area contributed by atoms with Crippen LogP contribution in [-0.4, -0.2) is 47.4 Å². The van der Waals surface area contributed by atoms with Gasteiger partial charge in [0.1, 0.15) is 10.8 Å². The van der Waals surface area contributed by atoms with E-state index in [0.29, 0.717) is 39.5 Å². The van der Waals surface area contributed by atoms with Gasteiger partial charge in [-0.1, -0.05) is 17.7 Å². The summed E-state index contributed by atoms with van der Waals surface area (Å²) in [6, 6.07) is 6.74. The van der Waals surface area contributed by atoms with E-state index in [-0.39, 0.29) is 5.56 Å². The van der Waals surface area contributed by atoms with Gasteiger partial charge in [0.2, 0.25) is 0 Å². The highest BCUT2D eigenvalue weighted by Crippen LogP contribution is 2.36. The number of halogens is 2. The van der Waals surface area contributed by atoms with Crippen LogP contribution in [0.5, 0.6) is 0 Å². The van der Waals surface area contributed by atoms with Crippen molar-refractivity contribution in [3.8, 4) is 11.3 Å². The Hall–Kier alpha value is -2.13. The zero-order valence-electron chi connectivity index (χ0n) is 19.3. The van der Waals surface area contributed by atoms with Crippen molar-refractivity contribution in [2.45, 2.75) is 49.3 Å². The van der Waals surface area contributed by atoms with Crippen molar-refractivity contribution in [3.63, 3.8) is 0 Å². The van der Waals surface area contributed by atoms with Crippen molar-refractivity contribution in [2.24, 2.45) is 11.7 Å². The Balaban J connectivity index is 1.38. The van der Waals surface area contributed by atoms with Crippen LogP contribution in [0.25, 0.3) is 11.3 Å². The summed E-state index contributed by atoms with van der Waals surface area (Å²) in [7, 11) is 1.81. The maximum absolute atomic E-state index is 14.3. The zero-order chi connectivity index (χ0) is 24.1. The predicted octanol–water partition coefficient (Wildman–Crippen LogP) is 5.27. The van der Waals surface area contributed by atoms with E-state index < -0.39 is 5.82 Å². The number of hydrogen-bond donors (Lipinski definition) is 3. The molecule has 0 radical (unpaired) electrons. The second kappa shape index (κ2) is 11.5. The van der Waals surface area contributed by atoms with Gasteiger partial charge in [0, 0.05) is 42.5 Å². The Kier molecular flexibility index (Phi) is 8.47. The van der Waals surface area contributed by atoms with Gasteiger partial charge in [0.15, 0.2) is 0 Å². The molecular weight excluding hydrogens is 473 g/mol. The van der Waals surface area contributed by atoms with Crippen molar-refractivity contribution in [1.82, 2.24) is 15.1 Å². The molecule has 0 unspecified atom stereocenters. The van der Waals surface area contributed by atoms with Gasteiger partial charge >= 0.3 is 0 Å². The van der Waals surface area contributed by atoms with Crippen molar-refractivity contribution < 1.29 is 9.13 Å². The SMILES string of the molecule is COC1CCN(C2CC(C/C=C(\C=C/N)Nc3cc(-c4cc(Cl)ccc4F)nnc3S)C2)CC1. The molecule has 1 saturated carbocycles. The Morgan fingerprint density at radius 2 is 2.06 bits per heavy atom. The van der Waals surface area contributed by atoms with Gasteiger partial charge in [-0.2, -0.15) is 0 Å². The number of hydrogen-bond acceptors (Lipinski definition) is 7. The van der Waals surface area contributed by atoms with E-state index in [0.717, 1.165) is 38.0 Å². The average molecular weight is 504 g/mol. The number of anilines is 1. The molecule has 2 heterocycles. The number of allylic oxidation sites excluding steroid dienone is 2. The first-order valence-corrected chi connectivity index (χ1v) is 12.4. The minimum absolute atomic E-state index is 0.284. The molecule has 6 nitrogen and oxygen atoms in total. The van der Waals surface area contributed by atoms with Crippen LogP contribution in [0.3, 0.4) is 0 Å². The third-order valence-corrected chi connectivity index (χ3v) is 7.31. The van der Waals surface area contributed by atoms with Gasteiger partial charge in [0.25, 0.3) is 0 Å². The summed E-state index contributed by atoms with van der Waals surface area (Å²) in [5, 5.41) is 12.3. The quantitative estimate of drug-likeness (QED) is 0.336. The van der Waals surface area contributed by atoms with Gasteiger partial charge in [-0.05, 0) is 74.6 Å². The molecule has 1 saturated heterocycles. The van der Waals surface area contributed by atoms with Crippen molar-refractivity contribution in [1.29, 1.82) is 0 Å². The summed E-state index contributed by atoms with van der Waals surface area (Å²) >= 11 is 10.5. The minimum atomic E-state index is -0.417. The summed E-state index contributed by atoms with van der Waals surface area (Å²) in [6.45, 7) is 2.26. The summed E-state index contributed by atoms with van der Waals surface area (Å²) in [5.74, 6) is 0.232. The van der Waals surface area contributed by atoms with Crippen molar-refractivity contribution >= 4 is 29.9 Å². The highest BCUT2D eigenvalue weighted by atomic mass is 35.5. The molecule has 0 spiro atoms. The second-order valence-electron chi connectivity index (χ2n) is 8.93. The van der Waals surface area contributed by atoms with Crippen LogP contribution < -0.4 is 11.1 Å². The molecule has 2 aromatic rings. The largest absolute Gasteiger partial charge is 0.405 e. The number of nitrogens with zero attached hydrogens (tertiary/aromatic N) is 3. The molecule has 1 aliphatic heterocycles. The summed E-state index contributed by atoms with van der Waals surface area (Å²) < 4.78 is 19.8. The number of rotatable bonds is 8. The van der Waals surface area contributed by atoms with E-state index in [1.165, 1.54) is 37.2 Å². The topological polar surface area (TPSA) is 76.3 Å². The smallest absolute Gasteiger partial charge is 0.139 e. The Morgan fingerprint density at radius 3 is 2.76 bits per heavy atom. The second-order valence-corrected chi connectivity index (χ2v) is 9.79. The molecule has 0 atom stereocenters. The molecule has 182 valence electrons. The highest BCUT2D eigenvalue weighted by molar-refractivity contribution is 7.80. The van der Waals surface area contributed by atoms with E-state index in [1.807, 2.05) is 7.11 Å². The molecule has 2 fully saturated rings. The lowest BCUT2D eigenvalue weighted by molar-refractivity contribution is -0.000575. The first-order chi connectivity index (χ1) is 16.5. The van der Waals surface area contributed by atoms with E-state index in [9.17, 15) is 4.39 Å². The Labute approximate surface area is 210 Å². The van der Waals surface area contributed by atoms with Crippen molar-refractivity contribution in [3.05, 3.63) is 59.2 Å². The molecule has 0 amide bonds. The monoisotopic (exact) mass is 503 g/mol. The molecule has 4 rings (SSSR count). The van der Waals surface area contributed by atoms with Crippen LogP contribution in [0, 0.1) is 11.7 Å². The van der Waals surface area contributed by atoms with Crippen LogP contribution in [0.1, 0.15) is 32.1 Å². The van der Waals surface area contributed by atoms with Crippen molar-refractivity contribution in [2.75, 3.05) is 25.5 Å². The third kappa shape index (κ3) is 6.10. The van der Waals surface area contributed by atoms with E-state index >= 15 is 0 Å². The summed E-state index contributed by atoms with van der Waals surface area (Å²) in [4.78, 5) is 2.61. The van der Waals surface area contributed by atoms with Gasteiger partial charge in [-0.3, -0.25) is 0 Å². The van der Waals surface area contributed by atoms with Crippen LogP contribution >= 0.6 is 24.2 Å². The highest BCUT2D eigenvalue weighted by Gasteiger charge is 2.34. The summed E-state index contributed by atoms with van der Waals surface area (Å²) in [5.41, 5.74) is 7.79. The van der Waals surface area contributed by atoms with Gasteiger partial charge in [-0.25, -0.2) is 4.39 Å². The lowest BCUT2D eigenvalue weighted by Gasteiger charge is -2.45. The maximum atomic E-state index is 14.3. The van der Waals surface area contributed by atoms with Gasteiger partial charge < -0.3 is 20.7 Å². The standard InChI is InChI=1S/C25H31ClFN5OS/c1-33-20-7-10-32(11-8-20)19-12-16(13-19)2-4-18(6-9-28)29-24-15-23(30-31-25(24)34)21-14-17(26)3-5-22(21)27/h3-6,9,14-16,19-20H,2,7-8,10-13,28H2,1H3,(H,29,30)(H,31,34)/b9-6-,18-4+. The number of ether oxygens (including phenoxy) is 1. The number of aromatic nitrogens is 2. The lowest BCUT2D eigenvalue weighted by Crippen LogP contribution is -2.49. The molecule has 0 bridgehead atoms. The Morgan fingerprint density at radius 1 is 1.29 bits per heavy atom. The van der Waals surface area contributed by atoms with Crippen LogP contribution in [0.15, 0.2) is 53.3 Å². The molecule has 2 aliphatic rings. The van der Waals surface area contributed by atoms with Gasteiger partial charge in [0.05, 0.1) is 17.5 Å². The molecule has 9 heteroatoms. The van der Waals surface area contributed by atoms with Crippen LogP contribution in [0.2, 0.25) is 5.02 Å².